The number of halogens is 2. The Balaban J connectivity index is 1.82. The van der Waals surface area contributed by atoms with Crippen LogP contribution in [-0.4, -0.2) is 52.7 Å². The lowest BCUT2D eigenvalue weighted by molar-refractivity contribution is 0.0390. The fourth-order valence-electron chi connectivity index (χ4n) is 2.08. The smallest absolute Gasteiger partial charge is 0.215 e. The molecule has 1 aliphatic heterocycles. The van der Waals surface area contributed by atoms with Crippen LogP contribution >= 0.6 is 23.2 Å². The second-order valence-electron chi connectivity index (χ2n) is 4.86. The monoisotopic (exact) mass is 352 g/mol. The summed E-state index contributed by atoms with van der Waals surface area (Å²) in [6.07, 6.45) is 0. The van der Waals surface area contributed by atoms with Crippen molar-refractivity contribution in [2.24, 2.45) is 0 Å². The maximum Gasteiger partial charge on any atom is 0.215 e. The molecular weight excluding hydrogens is 335 g/mol. The van der Waals surface area contributed by atoms with Gasteiger partial charge in [0.15, 0.2) is 0 Å². The van der Waals surface area contributed by atoms with E-state index < -0.39 is 10.0 Å². The molecule has 0 aliphatic carbocycles. The molecule has 2 rings (SSSR count). The minimum Gasteiger partial charge on any atom is -0.379 e. The molecule has 5 nitrogen and oxygen atoms in total. The number of benzene rings is 1. The summed E-state index contributed by atoms with van der Waals surface area (Å²) in [6.45, 7) is 4.17. The Morgan fingerprint density at radius 2 is 1.90 bits per heavy atom. The van der Waals surface area contributed by atoms with Crippen LogP contribution in [0.5, 0.6) is 0 Å². The van der Waals surface area contributed by atoms with Gasteiger partial charge >= 0.3 is 0 Å². The molecule has 0 unspecified atom stereocenters. The molecule has 1 N–H and O–H groups in total. The van der Waals surface area contributed by atoms with Crippen LogP contribution in [-0.2, 0) is 20.5 Å². The number of ether oxygens (including phenoxy) is 1. The van der Waals surface area contributed by atoms with Crippen molar-refractivity contribution < 1.29 is 13.2 Å². The molecule has 118 valence electrons. The number of rotatable bonds is 6. The summed E-state index contributed by atoms with van der Waals surface area (Å²) in [4.78, 5) is 2.17. The van der Waals surface area contributed by atoms with Crippen molar-refractivity contribution in [3.05, 3.63) is 33.8 Å². The zero-order valence-corrected chi connectivity index (χ0v) is 13.8. The van der Waals surface area contributed by atoms with E-state index in [1.165, 1.54) is 0 Å². The first kappa shape index (κ1) is 17.0. The molecule has 1 fully saturated rings. The lowest BCUT2D eigenvalue weighted by Crippen LogP contribution is -2.41. The highest BCUT2D eigenvalue weighted by Gasteiger charge is 2.14. The summed E-state index contributed by atoms with van der Waals surface area (Å²) in [5, 5.41) is 0.774. The fourth-order valence-corrected chi connectivity index (χ4v) is 3.53. The molecule has 1 aromatic rings. The summed E-state index contributed by atoms with van der Waals surface area (Å²) in [6, 6.07) is 4.84. The zero-order chi connectivity index (χ0) is 15.3. The second-order valence-corrected chi connectivity index (χ2v) is 7.48. The largest absolute Gasteiger partial charge is 0.379 e. The topological polar surface area (TPSA) is 58.6 Å². The average Bonchev–Trinajstić information content (AvgIpc) is 2.43. The molecule has 21 heavy (non-hydrogen) atoms. The van der Waals surface area contributed by atoms with Crippen molar-refractivity contribution in [2.45, 2.75) is 5.75 Å². The number of hydrogen-bond acceptors (Lipinski definition) is 4. The molecule has 1 saturated heterocycles. The van der Waals surface area contributed by atoms with Gasteiger partial charge in [0.1, 0.15) is 0 Å². The van der Waals surface area contributed by atoms with Crippen molar-refractivity contribution in [3.63, 3.8) is 0 Å². The maximum atomic E-state index is 12.0. The van der Waals surface area contributed by atoms with E-state index in [4.69, 9.17) is 27.9 Å². The zero-order valence-electron chi connectivity index (χ0n) is 11.5. The Hall–Kier alpha value is -0.370. The Bertz CT molecular complexity index is 575. The maximum absolute atomic E-state index is 12.0. The predicted molar refractivity (Wildman–Crippen MR) is 84.3 cm³/mol. The van der Waals surface area contributed by atoms with E-state index in [1.54, 1.807) is 18.2 Å². The lowest BCUT2D eigenvalue weighted by atomic mass is 10.2. The number of morpholine rings is 1. The first-order chi connectivity index (χ1) is 9.96. The summed E-state index contributed by atoms with van der Waals surface area (Å²) in [7, 11) is -3.37. The minimum atomic E-state index is -3.37. The molecule has 8 heteroatoms. The van der Waals surface area contributed by atoms with Crippen LogP contribution in [0.25, 0.3) is 0 Å². The van der Waals surface area contributed by atoms with Gasteiger partial charge in [0.25, 0.3) is 0 Å². The van der Waals surface area contributed by atoms with Crippen molar-refractivity contribution in [3.8, 4) is 0 Å². The normalized spacial score (nSPS) is 17.0. The van der Waals surface area contributed by atoms with Gasteiger partial charge in [-0.1, -0.05) is 29.3 Å². The molecule has 0 bridgehead atoms. The van der Waals surface area contributed by atoms with Gasteiger partial charge < -0.3 is 4.74 Å². The highest BCUT2D eigenvalue weighted by Crippen LogP contribution is 2.23. The molecular formula is C13H18Cl2N2O3S. The molecule has 0 radical (unpaired) electrons. The highest BCUT2D eigenvalue weighted by molar-refractivity contribution is 7.88. The van der Waals surface area contributed by atoms with Crippen molar-refractivity contribution in [1.82, 2.24) is 9.62 Å². The van der Waals surface area contributed by atoms with Crippen LogP contribution < -0.4 is 4.72 Å². The summed E-state index contributed by atoms with van der Waals surface area (Å²) < 4.78 is 31.9. The third-order valence-corrected chi connectivity index (χ3v) is 5.29. The molecule has 1 aromatic carbocycles. The van der Waals surface area contributed by atoms with E-state index in [2.05, 4.69) is 9.62 Å². The predicted octanol–water partition coefficient (Wildman–Crippen LogP) is 1.75. The highest BCUT2D eigenvalue weighted by atomic mass is 35.5. The lowest BCUT2D eigenvalue weighted by Gasteiger charge is -2.26. The number of sulfonamides is 1. The molecule has 0 spiro atoms. The SMILES string of the molecule is O=S(=O)(Cc1ccc(Cl)c(Cl)c1)NCCN1CCOCC1. The summed E-state index contributed by atoms with van der Waals surface area (Å²) >= 11 is 11.7. The van der Waals surface area contributed by atoms with Gasteiger partial charge in [0.2, 0.25) is 10.0 Å². The number of nitrogens with zero attached hydrogens (tertiary/aromatic N) is 1. The van der Waals surface area contributed by atoms with Crippen LogP contribution in [0.4, 0.5) is 0 Å². The molecule has 1 aliphatic rings. The van der Waals surface area contributed by atoms with Gasteiger partial charge in [0, 0.05) is 26.2 Å². The van der Waals surface area contributed by atoms with E-state index in [0.717, 1.165) is 13.1 Å². The van der Waals surface area contributed by atoms with Gasteiger partial charge in [-0.25, -0.2) is 13.1 Å². The van der Waals surface area contributed by atoms with Crippen molar-refractivity contribution in [2.75, 3.05) is 39.4 Å². The molecule has 0 aromatic heterocycles. The Morgan fingerprint density at radius 1 is 1.19 bits per heavy atom. The van der Waals surface area contributed by atoms with E-state index in [9.17, 15) is 8.42 Å². The van der Waals surface area contributed by atoms with Gasteiger partial charge in [-0.3, -0.25) is 4.90 Å². The van der Waals surface area contributed by atoms with E-state index in [-0.39, 0.29) is 5.75 Å². The Labute approximate surface area is 135 Å². The summed E-state index contributed by atoms with van der Waals surface area (Å²) in [5.41, 5.74) is 0.614. The van der Waals surface area contributed by atoms with E-state index >= 15 is 0 Å². The first-order valence-corrected chi connectivity index (χ1v) is 9.08. The van der Waals surface area contributed by atoms with Crippen molar-refractivity contribution in [1.29, 1.82) is 0 Å². The summed E-state index contributed by atoms with van der Waals surface area (Å²) in [5.74, 6) is -0.104. The van der Waals surface area contributed by atoms with Gasteiger partial charge in [-0.2, -0.15) is 0 Å². The van der Waals surface area contributed by atoms with Crippen LogP contribution in [0.3, 0.4) is 0 Å². The van der Waals surface area contributed by atoms with E-state index in [1.807, 2.05) is 0 Å². The Kier molecular flexibility index (Phi) is 6.28. The van der Waals surface area contributed by atoms with E-state index in [0.29, 0.717) is 41.9 Å². The molecule has 0 amide bonds. The van der Waals surface area contributed by atoms with Gasteiger partial charge in [-0.05, 0) is 17.7 Å². The molecule has 0 saturated carbocycles. The van der Waals surface area contributed by atoms with Crippen LogP contribution in [0.15, 0.2) is 18.2 Å². The van der Waals surface area contributed by atoms with Crippen LogP contribution in [0, 0.1) is 0 Å². The minimum absolute atomic E-state index is 0.104. The van der Waals surface area contributed by atoms with Crippen molar-refractivity contribution >= 4 is 33.2 Å². The third kappa shape index (κ3) is 5.73. The first-order valence-electron chi connectivity index (χ1n) is 6.68. The second kappa shape index (κ2) is 7.76. The van der Waals surface area contributed by atoms with Crippen LogP contribution in [0.1, 0.15) is 5.56 Å². The molecule has 0 atom stereocenters. The van der Waals surface area contributed by atoms with Gasteiger partial charge in [-0.15, -0.1) is 0 Å². The third-order valence-electron chi connectivity index (χ3n) is 3.19. The fraction of sp³-hybridized carbons (Fsp3) is 0.538. The van der Waals surface area contributed by atoms with Crippen LogP contribution in [0.2, 0.25) is 10.0 Å². The Morgan fingerprint density at radius 3 is 2.57 bits per heavy atom. The molecule has 1 heterocycles. The number of hydrogen-bond donors (Lipinski definition) is 1. The standard InChI is InChI=1S/C13H18Cl2N2O3S/c14-12-2-1-11(9-13(12)15)10-21(18,19)16-3-4-17-5-7-20-8-6-17/h1-2,9,16H,3-8,10H2. The average molecular weight is 353 g/mol. The quantitative estimate of drug-likeness (QED) is 0.847. The number of nitrogens with one attached hydrogen (secondary N) is 1. The van der Waals surface area contributed by atoms with Gasteiger partial charge in [0.05, 0.1) is 29.0 Å².